The lowest BCUT2D eigenvalue weighted by molar-refractivity contribution is -0.274. The van der Waals surface area contributed by atoms with Crippen molar-refractivity contribution < 1.29 is 23.0 Å². The molecule has 86 valence electrons. The largest absolute Gasteiger partial charge is 0.573 e. The van der Waals surface area contributed by atoms with Gasteiger partial charge < -0.3 is 9.84 Å². The molecule has 0 saturated heterocycles. The Bertz CT molecular complexity index is 402. The quantitative estimate of drug-likeness (QED) is 0.790. The van der Waals surface area contributed by atoms with Gasteiger partial charge in [-0.1, -0.05) is 24.0 Å². The highest BCUT2D eigenvalue weighted by molar-refractivity contribution is 5.45. The summed E-state index contributed by atoms with van der Waals surface area (Å²) in [5, 5.41) is 8.49. The van der Waals surface area contributed by atoms with Gasteiger partial charge in [0.25, 0.3) is 0 Å². The summed E-state index contributed by atoms with van der Waals surface area (Å²) in [6.45, 7) is -0.130. The second-order valence-corrected chi connectivity index (χ2v) is 2.82. The molecule has 16 heavy (non-hydrogen) atoms. The molecule has 2 nitrogen and oxygen atoms in total. The maximum absolute atomic E-state index is 12.0. The molecule has 0 amide bonds. The van der Waals surface area contributed by atoms with Gasteiger partial charge >= 0.3 is 6.36 Å². The van der Waals surface area contributed by atoms with Gasteiger partial charge in [0.15, 0.2) is 0 Å². The molecule has 0 unspecified atom stereocenters. The number of rotatable bonds is 2. The molecular weight excluding hydrogens is 221 g/mol. The van der Waals surface area contributed by atoms with Crippen molar-refractivity contribution in [2.75, 3.05) is 6.61 Å². The Morgan fingerprint density at radius 1 is 1.25 bits per heavy atom. The van der Waals surface area contributed by atoms with Crippen LogP contribution in [0.3, 0.4) is 0 Å². The van der Waals surface area contributed by atoms with E-state index in [-0.39, 0.29) is 24.3 Å². The third-order valence-corrected chi connectivity index (χ3v) is 1.57. The van der Waals surface area contributed by atoms with Gasteiger partial charge in [-0.05, 0) is 12.1 Å². The van der Waals surface area contributed by atoms with E-state index in [1.165, 1.54) is 18.2 Å². The first-order chi connectivity index (χ1) is 7.53. The minimum absolute atomic E-state index is 0.130. The summed E-state index contributed by atoms with van der Waals surface area (Å²) in [5.41, 5.74) is 0.147. The van der Waals surface area contributed by atoms with Crippen LogP contribution in [-0.2, 0) is 0 Å². The topological polar surface area (TPSA) is 29.5 Å². The van der Waals surface area contributed by atoms with E-state index in [0.717, 1.165) is 0 Å². The van der Waals surface area contributed by atoms with Crippen LogP contribution in [0.25, 0.3) is 0 Å². The van der Waals surface area contributed by atoms with Crippen molar-refractivity contribution in [2.45, 2.75) is 12.8 Å². The number of hydrogen-bond acceptors (Lipinski definition) is 2. The van der Waals surface area contributed by atoms with Gasteiger partial charge in [-0.15, -0.1) is 13.2 Å². The van der Waals surface area contributed by atoms with Crippen molar-refractivity contribution in [3.63, 3.8) is 0 Å². The maximum Gasteiger partial charge on any atom is 0.573 e. The summed E-state index contributed by atoms with van der Waals surface area (Å²) in [7, 11) is 0. The van der Waals surface area contributed by atoms with Crippen LogP contribution in [-0.4, -0.2) is 18.1 Å². The molecule has 1 N–H and O–H groups in total. The van der Waals surface area contributed by atoms with Gasteiger partial charge in [0.05, 0.1) is 12.2 Å². The molecule has 0 spiro atoms. The highest BCUT2D eigenvalue weighted by Gasteiger charge is 2.31. The van der Waals surface area contributed by atoms with Crippen molar-refractivity contribution in [2.24, 2.45) is 0 Å². The van der Waals surface area contributed by atoms with E-state index in [9.17, 15) is 13.2 Å². The zero-order chi connectivity index (χ0) is 12.0. The molecule has 0 atom stereocenters. The van der Waals surface area contributed by atoms with Gasteiger partial charge in [0.2, 0.25) is 0 Å². The number of para-hydroxylation sites is 1. The van der Waals surface area contributed by atoms with E-state index in [0.29, 0.717) is 0 Å². The molecule has 0 radical (unpaired) electrons. The Kier molecular flexibility index (Phi) is 4.20. The number of benzene rings is 1. The van der Waals surface area contributed by atoms with E-state index in [1.807, 2.05) is 0 Å². The predicted octanol–water partition coefficient (Wildman–Crippen LogP) is 2.32. The number of hydrogen-bond donors (Lipinski definition) is 1. The van der Waals surface area contributed by atoms with Gasteiger partial charge in [-0.2, -0.15) is 0 Å². The number of alkyl halides is 3. The molecular formula is C11H9F3O2. The first-order valence-electron chi connectivity index (χ1n) is 4.47. The van der Waals surface area contributed by atoms with Crippen molar-refractivity contribution in [1.82, 2.24) is 0 Å². The van der Waals surface area contributed by atoms with Crippen molar-refractivity contribution in [1.29, 1.82) is 0 Å². The van der Waals surface area contributed by atoms with Crippen LogP contribution < -0.4 is 4.74 Å². The van der Waals surface area contributed by atoms with E-state index in [1.54, 1.807) is 6.07 Å². The third kappa shape index (κ3) is 4.24. The Hall–Kier alpha value is -1.67. The summed E-state index contributed by atoms with van der Waals surface area (Å²) < 4.78 is 39.8. The standard InChI is InChI=1S/C11H9F3O2/c12-11(13,14)16-10-7-2-1-5-9(10)6-3-4-8-15/h1-2,5,7,15H,4,8H2. The van der Waals surface area contributed by atoms with Crippen LogP contribution >= 0.6 is 0 Å². The fourth-order valence-electron chi connectivity index (χ4n) is 0.997. The summed E-state index contributed by atoms with van der Waals surface area (Å²) >= 11 is 0. The third-order valence-electron chi connectivity index (χ3n) is 1.57. The van der Waals surface area contributed by atoms with Gasteiger partial charge in [-0.25, -0.2) is 0 Å². The average molecular weight is 230 g/mol. The monoisotopic (exact) mass is 230 g/mol. The minimum atomic E-state index is -4.73. The summed E-state index contributed by atoms with van der Waals surface area (Å²) in [5.74, 6) is 4.70. The molecule has 0 aliphatic heterocycles. The molecule has 0 heterocycles. The highest BCUT2D eigenvalue weighted by atomic mass is 19.4. The van der Waals surface area contributed by atoms with Crippen LogP contribution in [0.2, 0.25) is 0 Å². The van der Waals surface area contributed by atoms with E-state index in [2.05, 4.69) is 16.6 Å². The lowest BCUT2D eigenvalue weighted by Gasteiger charge is -2.09. The van der Waals surface area contributed by atoms with Crippen molar-refractivity contribution >= 4 is 0 Å². The zero-order valence-corrected chi connectivity index (χ0v) is 8.21. The molecule has 0 aliphatic rings. The highest BCUT2D eigenvalue weighted by Crippen LogP contribution is 2.25. The van der Waals surface area contributed by atoms with E-state index in [4.69, 9.17) is 5.11 Å². The fourth-order valence-corrected chi connectivity index (χ4v) is 0.997. The summed E-state index contributed by atoms with van der Waals surface area (Å²) in [6, 6.07) is 5.60. The summed E-state index contributed by atoms with van der Waals surface area (Å²) in [6.07, 6.45) is -4.52. The fraction of sp³-hybridized carbons (Fsp3) is 0.273. The zero-order valence-electron chi connectivity index (χ0n) is 8.21. The first kappa shape index (κ1) is 12.4. The predicted molar refractivity (Wildman–Crippen MR) is 51.7 cm³/mol. The van der Waals surface area contributed by atoms with E-state index >= 15 is 0 Å². The first-order valence-corrected chi connectivity index (χ1v) is 4.47. The van der Waals surface area contributed by atoms with Gasteiger partial charge in [0.1, 0.15) is 5.75 Å². The van der Waals surface area contributed by atoms with Crippen molar-refractivity contribution in [3.8, 4) is 17.6 Å². The van der Waals surface area contributed by atoms with Crippen LogP contribution in [0.5, 0.6) is 5.75 Å². The van der Waals surface area contributed by atoms with Crippen LogP contribution in [0.4, 0.5) is 13.2 Å². The Morgan fingerprint density at radius 3 is 2.56 bits per heavy atom. The Balaban J connectivity index is 2.89. The number of halogens is 3. The second-order valence-electron chi connectivity index (χ2n) is 2.82. The van der Waals surface area contributed by atoms with Crippen LogP contribution in [0, 0.1) is 11.8 Å². The smallest absolute Gasteiger partial charge is 0.404 e. The molecule has 0 aromatic heterocycles. The molecule has 0 aliphatic carbocycles. The van der Waals surface area contributed by atoms with Crippen molar-refractivity contribution in [3.05, 3.63) is 29.8 Å². The SMILES string of the molecule is OCCC#Cc1ccccc1OC(F)(F)F. The lowest BCUT2D eigenvalue weighted by atomic mass is 10.2. The summed E-state index contributed by atoms with van der Waals surface area (Å²) in [4.78, 5) is 0. The maximum atomic E-state index is 12.0. The molecule has 0 saturated carbocycles. The van der Waals surface area contributed by atoms with Crippen LogP contribution in [0.15, 0.2) is 24.3 Å². The number of aliphatic hydroxyl groups excluding tert-OH is 1. The van der Waals surface area contributed by atoms with Gasteiger partial charge in [-0.3, -0.25) is 0 Å². The average Bonchev–Trinajstić information content (AvgIpc) is 2.19. The Labute approximate surface area is 90.7 Å². The molecule has 0 bridgehead atoms. The second kappa shape index (κ2) is 5.42. The van der Waals surface area contributed by atoms with E-state index < -0.39 is 6.36 Å². The normalized spacial score (nSPS) is 10.5. The van der Waals surface area contributed by atoms with Crippen LogP contribution in [0.1, 0.15) is 12.0 Å². The number of aliphatic hydroxyl groups is 1. The lowest BCUT2D eigenvalue weighted by Crippen LogP contribution is -2.17. The molecule has 1 rings (SSSR count). The Morgan fingerprint density at radius 2 is 1.94 bits per heavy atom. The van der Waals surface area contributed by atoms with Gasteiger partial charge in [0, 0.05) is 6.42 Å². The molecule has 1 aromatic rings. The molecule has 5 heteroatoms. The minimum Gasteiger partial charge on any atom is -0.404 e. The molecule has 1 aromatic carbocycles. The molecule has 0 fully saturated rings. The number of ether oxygens (including phenoxy) is 1.